The number of pyridine rings is 1. The molecule has 0 radical (unpaired) electrons. The predicted octanol–water partition coefficient (Wildman–Crippen LogP) is 3.13. The summed E-state index contributed by atoms with van der Waals surface area (Å²) in [6.07, 6.45) is 3.75. The molecule has 2 heterocycles. The van der Waals surface area contributed by atoms with Gasteiger partial charge in [0.1, 0.15) is 5.75 Å². The molecule has 1 aromatic heterocycles. The third-order valence-corrected chi connectivity index (χ3v) is 3.99. The lowest BCUT2D eigenvalue weighted by atomic mass is 10.1. The van der Waals surface area contributed by atoms with Crippen molar-refractivity contribution in [3.05, 3.63) is 59.9 Å². The Morgan fingerprint density at radius 2 is 2.09 bits per heavy atom. The molecule has 1 atom stereocenters. The van der Waals surface area contributed by atoms with Gasteiger partial charge in [0.2, 0.25) is 0 Å². The molecular weight excluding hydrogens is 276 g/mol. The van der Waals surface area contributed by atoms with Crippen molar-refractivity contribution < 1.29 is 9.53 Å². The SMILES string of the molecule is Cc1ccc(OCC(=O)N2CCCC2c2ccccn2)cc1. The van der Waals surface area contributed by atoms with Crippen LogP contribution in [-0.4, -0.2) is 28.9 Å². The number of hydrogen-bond donors (Lipinski definition) is 0. The van der Waals surface area contributed by atoms with Crippen LogP contribution in [0.4, 0.5) is 0 Å². The first-order chi connectivity index (χ1) is 10.7. The first kappa shape index (κ1) is 14.6. The monoisotopic (exact) mass is 296 g/mol. The molecule has 1 aliphatic rings. The quantitative estimate of drug-likeness (QED) is 0.870. The van der Waals surface area contributed by atoms with Crippen molar-refractivity contribution in [1.82, 2.24) is 9.88 Å². The van der Waals surface area contributed by atoms with Gasteiger partial charge in [-0.3, -0.25) is 9.78 Å². The minimum Gasteiger partial charge on any atom is -0.484 e. The number of benzene rings is 1. The average molecular weight is 296 g/mol. The highest BCUT2D eigenvalue weighted by Crippen LogP contribution is 2.30. The fraction of sp³-hybridized carbons (Fsp3) is 0.333. The highest BCUT2D eigenvalue weighted by atomic mass is 16.5. The second-order valence-electron chi connectivity index (χ2n) is 5.60. The van der Waals surface area contributed by atoms with Crippen LogP contribution in [-0.2, 0) is 4.79 Å². The maximum absolute atomic E-state index is 12.4. The minimum absolute atomic E-state index is 0.0220. The van der Waals surface area contributed by atoms with E-state index in [0.717, 1.165) is 30.8 Å². The zero-order valence-corrected chi connectivity index (χ0v) is 12.7. The molecule has 1 amide bonds. The van der Waals surface area contributed by atoms with Gasteiger partial charge < -0.3 is 9.64 Å². The Kier molecular flexibility index (Phi) is 4.37. The summed E-state index contributed by atoms with van der Waals surface area (Å²) in [4.78, 5) is 18.7. The molecule has 3 rings (SSSR count). The Labute approximate surface area is 130 Å². The highest BCUT2D eigenvalue weighted by Gasteiger charge is 2.30. The Hall–Kier alpha value is -2.36. The van der Waals surface area contributed by atoms with Crippen LogP contribution in [0.25, 0.3) is 0 Å². The van der Waals surface area contributed by atoms with E-state index in [2.05, 4.69) is 4.98 Å². The third kappa shape index (κ3) is 3.27. The fourth-order valence-electron chi connectivity index (χ4n) is 2.81. The summed E-state index contributed by atoms with van der Waals surface area (Å²) in [6.45, 7) is 2.88. The summed E-state index contributed by atoms with van der Waals surface area (Å²) < 4.78 is 5.61. The summed E-state index contributed by atoms with van der Waals surface area (Å²) in [5.74, 6) is 0.751. The van der Waals surface area contributed by atoms with Gasteiger partial charge in [0.15, 0.2) is 6.61 Å². The molecule has 1 saturated heterocycles. The lowest BCUT2D eigenvalue weighted by molar-refractivity contribution is -0.134. The number of likely N-dealkylation sites (tertiary alicyclic amines) is 1. The van der Waals surface area contributed by atoms with E-state index < -0.39 is 0 Å². The second kappa shape index (κ2) is 6.60. The number of rotatable bonds is 4. The van der Waals surface area contributed by atoms with Crippen molar-refractivity contribution in [3.8, 4) is 5.75 Å². The molecule has 114 valence electrons. The Balaban J connectivity index is 1.62. The van der Waals surface area contributed by atoms with Crippen molar-refractivity contribution in [2.24, 2.45) is 0 Å². The Morgan fingerprint density at radius 3 is 2.82 bits per heavy atom. The zero-order valence-electron chi connectivity index (χ0n) is 12.7. The molecule has 4 heteroatoms. The normalized spacial score (nSPS) is 17.5. The van der Waals surface area contributed by atoms with Gasteiger partial charge in [-0.2, -0.15) is 0 Å². The van der Waals surface area contributed by atoms with E-state index in [1.54, 1.807) is 6.20 Å². The number of carbonyl (C=O) groups excluding carboxylic acids is 1. The summed E-state index contributed by atoms with van der Waals surface area (Å²) in [5, 5.41) is 0. The number of aryl methyl sites for hydroxylation is 1. The number of ether oxygens (including phenoxy) is 1. The van der Waals surface area contributed by atoms with Gasteiger partial charge >= 0.3 is 0 Å². The number of hydrogen-bond acceptors (Lipinski definition) is 3. The van der Waals surface area contributed by atoms with Crippen LogP contribution in [0.2, 0.25) is 0 Å². The second-order valence-corrected chi connectivity index (χ2v) is 5.60. The van der Waals surface area contributed by atoms with E-state index in [9.17, 15) is 4.79 Å². The number of nitrogens with zero attached hydrogens (tertiary/aromatic N) is 2. The number of carbonyl (C=O) groups is 1. The van der Waals surface area contributed by atoms with Crippen molar-refractivity contribution in [3.63, 3.8) is 0 Å². The summed E-state index contributed by atoms with van der Waals surface area (Å²) in [6, 6.07) is 13.7. The molecule has 1 unspecified atom stereocenters. The molecule has 1 aliphatic heterocycles. The number of amides is 1. The van der Waals surface area contributed by atoms with Crippen LogP contribution in [0.3, 0.4) is 0 Å². The van der Waals surface area contributed by atoms with Gasteiger partial charge in [0, 0.05) is 12.7 Å². The fourth-order valence-corrected chi connectivity index (χ4v) is 2.81. The molecule has 0 aliphatic carbocycles. The first-order valence-electron chi connectivity index (χ1n) is 7.64. The molecule has 2 aromatic rings. The smallest absolute Gasteiger partial charge is 0.261 e. The molecular formula is C18H20N2O2. The lowest BCUT2D eigenvalue weighted by Crippen LogP contribution is -2.34. The maximum atomic E-state index is 12.4. The van der Waals surface area contributed by atoms with E-state index in [1.807, 2.05) is 54.3 Å². The van der Waals surface area contributed by atoms with Gasteiger partial charge in [0.05, 0.1) is 11.7 Å². The molecule has 0 N–H and O–H groups in total. The first-order valence-corrected chi connectivity index (χ1v) is 7.64. The van der Waals surface area contributed by atoms with Gasteiger partial charge in [-0.25, -0.2) is 0 Å². The van der Waals surface area contributed by atoms with Gasteiger partial charge in [0.25, 0.3) is 5.91 Å². The third-order valence-electron chi connectivity index (χ3n) is 3.99. The van der Waals surface area contributed by atoms with Crippen LogP contribution in [0.15, 0.2) is 48.7 Å². The Bertz CT molecular complexity index is 625. The van der Waals surface area contributed by atoms with E-state index in [1.165, 1.54) is 5.56 Å². The lowest BCUT2D eigenvalue weighted by Gasteiger charge is -2.24. The van der Waals surface area contributed by atoms with Crippen LogP contribution in [0.1, 0.15) is 30.1 Å². The maximum Gasteiger partial charge on any atom is 0.261 e. The summed E-state index contributed by atoms with van der Waals surface area (Å²) in [7, 11) is 0. The van der Waals surface area contributed by atoms with Gasteiger partial charge in [-0.05, 0) is 44.0 Å². The topological polar surface area (TPSA) is 42.4 Å². The molecule has 4 nitrogen and oxygen atoms in total. The van der Waals surface area contributed by atoms with E-state index in [4.69, 9.17) is 4.74 Å². The molecule has 1 aromatic carbocycles. The van der Waals surface area contributed by atoms with E-state index in [0.29, 0.717) is 0 Å². The van der Waals surface area contributed by atoms with Crippen LogP contribution >= 0.6 is 0 Å². The van der Waals surface area contributed by atoms with Crippen LogP contribution in [0, 0.1) is 6.92 Å². The largest absolute Gasteiger partial charge is 0.484 e. The van der Waals surface area contributed by atoms with Crippen LogP contribution in [0.5, 0.6) is 5.75 Å². The molecule has 22 heavy (non-hydrogen) atoms. The average Bonchev–Trinajstić information content (AvgIpc) is 3.04. The number of aromatic nitrogens is 1. The Morgan fingerprint density at radius 1 is 1.27 bits per heavy atom. The van der Waals surface area contributed by atoms with E-state index >= 15 is 0 Å². The predicted molar refractivity (Wildman–Crippen MR) is 84.6 cm³/mol. The molecule has 0 spiro atoms. The highest BCUT2D eigenvalue weighted by molar-refractivity contribution is 5.78. The van der Waals surface area contributed by atoms with Crippen molar-refractivity contribution in [2.75, 3.05) is 13.2 Å². The van der Waals surface area contributed by atoms with Crippen molar-refractivity contribution in [2.45, 2.75) is 25.8 Å². The molecule has 1 fully saturated rings. The van der Waals surface area contributed by atoms with Gasteiger partial charge in [-0.15, -0.1) is 0 Å². The zero-order chi connectivity index (χ0) is 15.4. The standard InChI is InChI=1S/C18H20N2O2/c1-14-7-9-15(10-8-14)22-13-18(21)20-12-4-6-17(20)16-5-2-3-11-19-16/h2-3,5,7-11,17H,4,6,12-13H2,1H3. The summed E-state index contributed by atoms with van der Waals surface area (Å²) >= 11 is 0. The van der Waals surface area contributed by atoms with E-state index in [-0.39, 0.29) is 18.6 Å². The van der Waals surface area contributed by atoms with Crippen molar-refractivity contribution in [1.29, 1.82) is 0 Å². The minimum atomic E-state index is 0.0220. The summed E-state index contributed by atoms with van der Waals surface area (Å²) in [5.41, 5.74) is 2.14. The molecule has 0 saturated carbocycles. The molecule has 0 bridgehead atoms. The van der Waals surface area contributed by atoms with Gasteiger partial charge in [-0.1, -0.05) is 23.8 Å². The van der Waals surface area contributed by atoms with Crippen LogP contribution < -0.4 is 4.74 Å². The van der Waals surface area contributed by atoms with Crippen molar-refractivity contribution >= 4 is 5.91 Å².